The van der Waals surface area contributed by atoms with Crippen LogP contribution in [-0.2, 0) is 11.3 Å². The van der Waals surface area contributed by atoms with Crippen LogP contribution < -0.4 is 5.32 Å². The first-order valence-electron chi connectivity index (χ1n) is 9.46. The summed E-state index contributed by atoms with van der Waals surface area (Å²) in [6, 6.07) is 16.5. The van der Waals surface area contributed by atoms with Gasteiger partial charge in [0, 0.05) is 30.8 Å². The number of rotatable bonds is 5. The topological polar surface area (TPSA) is 61.0 Å². The fraction of sp³-hybridized carbons (Fsp3) is 0.273. The van der Waals surface area contributed by atoms with E-state index < -0.39 is 0 Å². The minimum atomic E-state index is -0.280. The van der Waals surface area contributed by atoms with E-state index in [0.717, 1.165) is 29.7 Å². The first-order chi connectivity index (χ1) is 13.6. The summed E-state index contributed by atoms with van der Waals surface area (Å²) in [5, 5.41) is 10.5. The number of halogens is 2. The third-order valence-corrected chi connectivity index (χ3v) is 5.28. The van der Waals surface area contributed by atoms with Crippen molar-refractivity contribution >= 4 is 18.3 Å². The zero-order valence-corrected chi connectivity index (χ0v) is 17.0. The quantitative estimate of drug-likeness (QED) is 0.661. The number of hydrogen-bond acceptors (Lipinski definition) is 3. The summed E-state index contributed by atoms with van der Waals surface area (Å²) in [5.41, 5.74) is 3.77. The molecule has 2 atom stereocenters. The Kier molecular flexibility index (Phi) is 6.67. The number of nitrogens with one attached hydrogen (secondary N) is 2. The Bertz CT molecular complexity index is 945. The van der Waals surface area contributed by atoms with Crippen molar-refractivity contribution in [2.24, 2.45) is 0 Å². The molecular weight excluding hydrogens is 391 g/mol. The number of H-pyrrole nitrogens is 1. The van der Waals surface area contributed by atoms with Crippen LogP contribution in [0, 0.1) is 5.82 Å². The van der Waals surface area contributed by atoms with Crippen LogP contribution in [0.1, 0.15) is 30.0 Å². The monoisotopic (exact) mass is 414 g/mol. The molecule has 4 rings (SSSR count). The second-order valence-electron chi connectivity index (χ2n) is 7.23. The molecule has 1 saturated heterocycles. The molecule has 2 heterocycles. The SMILES string of the molecule is CN(Cc1cn[nH]c1-c1ccc(F)cc1)C(=O)[C@H]1CC[C@H](c2ccccc2)N1.Cl. The maximum absolute atomic E-state index is 13.2. The van der Waals surface area contributed by atoms with E-state index >= 15 is 0 Å². The molecule has 0 bridgehead atoms. The van der Waals surface area contributed by atoms with E-state index in [4.69, 9.17) is 0 Å². The van der Waals surface area contributed by atoms with Gasteiger partial charge >= 0.3 is 0 Å². The number of hydrogen-bond donors (Lipinski definition) is 2. The van der Waals surface area contributed by atoms with Crippen molar-refractivity contribution in [2.45, 2.75) is 31.5 Å². The molecule has 0 unspecified atom stereocenters. The highest BCUT2D eigenvalue weighted by Gasteiger charge is 2.31. The zero-order valence-electron chi connectivity index (χ0n) is 16.1. The van der Waals surface area contributed by atoms with Gasteiger partial charge < -0.3 is 4.90 Å². The summed E-state index contributed by atoms with van der Waals surface area (Å²) in [5.74, 6) is -0.206. The molecule has 1 fully saturated rings. The summed E-state index contributed by atoms with van der Waals surface area (Å²) >= 11 is 0. The van der Waals surface area contributed by atoms with Gasteiger partial charge in [-0.25, -0.2) is 4.39 Å². The van der Waals surface area contributed by atoms with E-state index in [2.05, 4.69) is 27.6 Å². The normalized spacial score (nSPS) is 18.3. The van der Waals surface area contributed by atoms with E-state index in [1.165, 1.54) is 17.7 Å². The second-order valence-corrected chi connectivity index (χ2v) is 7.23. The highest BCUT2D eigenvalue weighted by molar-refractivity contribution is 5.85. The maximum atomic E-state index is 13.2. The lowest BCUT2D eigenvalue weighted by atomic mass is 10.1. The van der Waals surface area contributed by atoms with Gasteiger partial charge in [-0.05, 0) is 42.7 Å². The predicted molar refractivity (Wildman–Crippen MR) is 113 cm³/mol. The number of likely N-dealkylation sites (N-methyl/N-ethyl adjacent to an activating group) is 1. The van der Waals surface area contributed by atoms with E-state index in [-0.39, 0.29) is 36.2 Å². The lowest BCUT2D eigenvalue weighted by Crippen LogP contribution is -2.41. The summed E-state index contributed by atoms with van der Waals surface area (Å²) in [4.78, 5) is 14.6. The lowest BCUT2D eigenvalue weighted by molar-refractivity contribution is -0.132. The van der Waals surface area contributed by atoms with Crippen molar-refractivity contribution < 1.29 is 9.18 Å². The molecule has 2 aromatic carbocycles. The van der Waals surface area contributed by atoms with Crippen molar-refractivity contribution in [2.75, 3.05) is 7.05 Å². The summed E-state index contributed by atoms with van der Waals surface area (Å²) in [6.07, 6.45) is 3.48. The molecule has 0 saturated carbocycles. The fourth-order valence-corrected chi connectivity index (χ4v) is 3.78. The van der Waals surface area contributed by atoms with Crippen molar-refractivity contribution in [3.05, 3.63) is 77.7 Å². The van der Waals surface area contributed by atoms with E-state index in [0.29, 0.717) is 6.54 Å². The highest BCUT2D eigenvalue weighted by atomic mass is 35.5. The summed E-state index contributed by atoms with van der Waals surface area (Å²) in [6.45, 7) is 0.441. The van der Waals surface area contributed by atoms with Crippen LogP contribution in [0.4, 0.5) is 4.39 Å². The number of carbonyl (C=O) groups is 1. The first kappa shape index (κ1) is 21.0. The smallest absolute Gasteiger partial charge is 0.239 e. The molecule has 0 aliphatic carbocycles. The summed E-state index contributed by atoms with van der Waals surface area (Å²) in [7, 11) is 1.81. The third kappa shape index (κ3) is 4.66. The maximum Gasteiger partial charge on any atom is 0.239 e. The molecule has 1 amide bonds. The van der Waals surface area contributed by atoms with Crippen molar-refractivity contribution in [1.29, 1.82) is 0 Å². The van der Waals surface area contributed by atoms with Gasteiger partial charge in [0.2, 0.25) is 5.91 Å². The summed E-state index contributed by atoms with van der Waals surface area (Å²) < 4.78 is 13.2. The predicted octanol–water partition coefficient (Wildman–Crippen LogP) is 4.09. The first-order valence-corrected chi connectivity index (χ1v) is 9.46. The number of nitrogens with zero attached hydrogens (tertiary/aromatic N) is 2. The van der Waals surface area contributed by atoms with Crippen molar-refractivity contribution in [1.82, 2.24) is 20.4 Å². The molecule has 5 nitrogen and oxygen atoms in total. The van der Waals surface area contributed by atoms with Gasteiger partial charge in [0.15, 0.2) is 0 Å². The van der Waals surface area contributed by atoms with Crippen LogP contribution in [0.3, 0.4) is 0 Å². The molecule has 0 radical (unpaired) electrons. The van der Waals surface area contributed by atoms with Crippen LogP contribution in [0.5, 0.6) is 0 Å². The van der Waals surface area contributed by atoms with Gasteiger partial charge in [-0.1, -0.05) is 30.3 Å². The van der Waals surface area contributed by atoms with Gasteiger partial charge in [-0.3, -0.25) is 15.2 Å². The number of carbonyl (C=O) groups excluding carboxylic acids is 1. The minimum absolute atomic E-state index is 0. The Morgan fingerprint density at radius 2 is 1.86 bits per heavy atom. The zero-order chi connectivity index (χ0) is 19.5. The molecule has 1 aromatic heterocycles. The van der Waals surface area contributed by atoms with E-state index in [1.807, 2.05) is 18.2 Å². The van der Waals surface area contributed by atoms with Crippen LogP contribution in [-0.4, -0.2) is 34.1 Å². The molecule has 3 aromatic rings. The number of benzene rings is 2. The Morgan fingerprint density at radius 3 is 2.59 bits per heavy atom. The third-order valence-electron chi connectivity index (χ3n) is 5.28. The molecular formula is C22H24ClFN4O. The number of aromatic amines is 1. The lowest BCUT2D eigenvalue weighted by Gasteiger charge is -2.22. The standard InChI is InChI=1S/C22H23FN4O.ClH/c1-27(14-17-13-24-26-21(17)16-7-9-18(23)10-8-16)22(28)20-12-11-19(25-20)15-5-3-2-4-6-15;/h2-10,13,19-20,25H,11-12,14H2,1H3,(H,24,26);1H/t19-,20-;/m1./s1. The largest absolute Gasteiger partial charge is 0.340 e. The minimum Gasteiger partial charge on any atom is -0.340 e. The number of amides is 1. The average molecular weight is 415 g/mol. The van der Waals surface area contributed by atoms with Crippen LogP contribution in [0.2, 0.25) is 0 Å². The van der Waals surface area contributed by atoms with Gasteiger partial charge in [0.25, 0.3) is 0 Å². The Hall–Kier alpha value is -2.70. The Balaban J connectivity index is 0.00000240. The van der Waals surface area contributed by atoms with Crippen molar-refractivity contribution in [3.63, 3.8) is 0 Å². The Morgan fingerprint density at radius 1 is 1.14 bits per heavy atom. The number of aromatic nitrogens is 2. The van der Waals surface area contributed by atoms with Crippen LogP contribution >= 0.6 is 12.4 Å². The van der Waals surface area contributed by atoms with Gasteiger partial charge in [0.05, 0.1) is 17.9 Å². The van der Waals surface area contributed by atoms with Gasteiger partial charge in [0.1, 0.15) is 5.82 Å². The second kappa shape index (κ2) is 9.20. The molecule has 152 valence electrons. The molecule has 29 heavy (non-hydrogen) atoms. The fourth-order valence-electron chi connectivity index (χ4n) is 3.78. The Labute approximate surface area is 175 Å². The van der Waals surface area contributed by atoms with Crippen molar-refractivity contribution in [3.8, 4) is 11.3 Å². The molecule has 7 heteroatoms. The molecule has 0 spiro atoms. The van der Waals surface area contributed by atoms with E-state index in [1.54, 1.807) is 30.3 Å². The molecule has 2 N–H and O–H groups in total. The average Bonchev–Trinajstić information content (AvgIpc) is 3.38. The van der Waals surface area contributed by atoms with Crippen LogP contribution in [0.25, 0.3) is 11.3 Å². The highest BCUT2D eigenvalue weighted by Crippen LogP contribution is 2.28. The molecule has 1 aliphatic rings. The van der Waals surface area contributed by atoms with Crippen LogP contribution in [0.15, 0.2) is 60.8 Å². The van der Waals surface area contributed by atoms with Gasteiger partial charge in [-0.2, -0.15) is 5.10 Å². The van der Waals surface area contributed by atoms with Gasteiger partial charge in [-0.15, -0.1) is 12.4 Å². The molecule has 1 aliphatic heterocycles. The van der Waals surface area contributed by atoms with E-state index in [9.17, 15) is 9.18 Å².